The van der Waals surface area contributed by atoms with Gasteiger partial charge in [-0.25, -0.2) is 0 Å². The zero-order chi connectivity index (χ0) is 17.4. The first-order valence-corrected chi connectivity index (χ1v) is 7.81. The fourth-order valence-electron chi connectivity index (χ4n) is 2.19. The van der Waals surface area contributed by atoms with Crippen molar-refractivity contribution in [3.8, 4) is 0 Å². The first kappa shape index (κ1) is 18.8. The van der Waals surface area contributed by atoms with E-state index in [2.05, 4.69) is 15.6 Å². The maximum Gasteiger partial charge on any atom is 0.252 e. The normalized spacial score (nSPS) is 13.5. The van der Waals surface area contributed by atoms with Gasteiger partial charge in [-0.15, -0.1) is 0 Å². The summed E-state index contributed by atoms with van der Waals surface area (Å²) in [6.45, 7) is 7.65. The van der Waals surface area contributed by atoms with Crippen LogP contribution in [0.3, 0.4) is 0 Å². The van der Waals surface area contributed by atoms with Gasteiger partial charge in [0.05, 0.1) is 6.04 Å². The Labute approximate surface area is 137 Å². The third-order valence-electron chi connectivity index (χ3n) is 3.40. The molecule has 0 bridgehead atoms. The zero-order valence-corrected chi connectivity index (χ0v) is 14.1. The Morgan fingerprint density at radius 1 is 1.13 bits per heavy atom. The summed E-state index contributed by atoms with van der Waals surface area (Å²) in [7, 11) is 0. The van der Waals surface area contributed by atoms with Crippen LogP contribution < -0.4 is 10.6 Å². The smallest absolute Gasteiger partial charge is 0.252 e. The van der Waals surface area contributed by atoms with Crippen molar-refractivity contribution in [3.05, 3.63) is 30.1 Å². The van der Waals surface area contributed by atoms with E-state index in [9.17, 15) is 14.4 Å². The highest BCUT2D eigenvalue weighted by Gasteiger charge is 2.26. The van der Waals surface area contributed by atoms with E-state index in [0.29, 0.717) is 12.0 Å². The number of rotatable bonds is 8. The van der Waals surface area contributed by atoms with Gasteiger partial charge in [0.25, 0.3) is 5.91 Å². The van der Waals surface area contributed by atoms with Crippen LogP contribution in [0, 0.1) is 11.8 Å². The van der Waals surface area contributed by atoms with E-state index in [1.54, 1.807) is 12.1 Å². The molecule has 0 radical (unpaired) electrons. The number of hydrogen-bond acceptors (Lipinski definition) is 4. The quantitative estimate of drug-likeness (QED) is 0.712. The van der Waals surface area contributed by atoms with Gasteiger partial charge in [-0.3, -0.25) is 14.6 Å². The van der Waals surface area contributed by atoms with Gasteiger partial charge in [0, 0.05) is 18.0 Å². The van der Waals surface area contributed by atoms with Crippen molar-refractivity contribution in [2.75, 3.05) is 0 Å². The summed E-state index contributed by atoms with van der Waals surface area (Å²) in [5.74, 6) is -0.505. The van der Waals surface area contributed by atoms with Crippen LogP contribution in [0.2, 0.25) is 0 Å². The Morgan fingerprint density at radius 2 is 1.74 bits per heavy atom. The van der Waals surface area contributed by atoms with Crippen LogP contribution in [-0.4, -0.2) is 35.2 Å². The SMILES string of the molecule is CC(C)C[C@@H](C=O)NC(=O)[C@@H](NC(=O)c1ccncc1)C(C)C. The number of aldehydes is 1. The Bertz CT molecular complexity index is 529. The molecule has 1 aromatic rings. The molecule has 23 heavy (non-hydrogen) atoms. The standard InChI is InChI=1S/C17H25N3O3/c1-11(2)9-14(10-21)19-17(23)15(12(3)4)20-16(22)13-5-7-18-8-6-13/h5-8,10-12,14-15H,9H2,1-4H3,(H,19,23)(H,20,22)/t14-,15-/m0/s1. The highest BCUT2D eigenvalue weighted by molar-refractivity contribution is 5.97. The summed E-state index contributed by atoms with van der Waals surface area (Å²) in [6.07, 6.45) is 4.34. The minimum absolute atomic E-state index is 0.105. The molecule has 0 unspecified atom stereocenters. The number of nitrogens with zero attached hydrogens (tertiary/aromatic N) is 1. The van der Waals surface area contributed by atoms with Crippen LogP contribution in [0.15, 0.2) is 24.5 Å². The van der Waals surface area contributed by atoms with Gasteiger partial charge in [0.15, 0.2) is 0 Å². The second-order valence-electron chi connectivity index (χ2n) is 6.31. The fraction of sp³-hybridized carbons (Fsp3) is 0.529. The lowest BCUT2D eigenvalue weighted by molar-refractivity contribution is -0.126. The van der Waals surface area contributed by atoms with Gasteiger partial charge in [-0.1, -0.05) is 27.7 Å². The molecule has 6 nitrogen and oxygen atoms in total. The van der Waals surface area contributed by atoms with E-state index in [1.165, 1.54) is 12.4 Å². The molecule has 0 fully saturated rings. The Kier molecular flexibility index (Phi) is 7.38. The highest BCUT2D eigenvalue weighted by Crippen LogP contribution is 2.07. The first-order chi connectivity index (χ1) is 10.8. The predicted octanol–water partition coefficient (Wildman–Crippen LogP) is 1.57. The van der Waals surface area contributed by atoms with Crippen molar-refractivity contribution in [2.45, 2.75) is 46.2 Å². The van der Waals surface area contributed by atoms with Crippen molar-refractivity contribution in [1.29, 1.82) is 0 Å². The number of nitrogens with one attached hydrogen (secondary N) is 2. The minimum atomic E-state index is -0.703. The lowest BCUT2D eigenvalue weighted by Crippen LogP contribution is -2.52. The summed E-state index contributed by atoms with van der Waals surface area (Å²) in [5.41, 5.74) is 0.438. The molecule has 0 aliphatic rings. The molecule has 126 valence electrons. The Hall–Kier alpha value is -2.24. The maximum absolute atomic E-state index is 12.4. The second kappa shape index (κ2) is 9.02. The molecule has 2 N–H and O–H groups in total. The average molecular weight is 319 g/mol. The largest absolute Gasteiger partial charge is 0.345 e. The van der Waals surface area contributed by atoms with E-state index in [1.807, 2.05) is 27.7 Å². The molecule has 0 spiro atoms. The van der Waals surface area contributed by atoms with E-state index >= 15 is 0 Å². The van der Waals surface area contributed by atoms with Crippen LogP contribution in [0.5, 0.6) is 0 Å². The number of carbonyl (C=O) groups is 3. The van der Waals surface area contributed by atoms with Crippen molar-refractivity contribution in [3.63, 3.8) is 0 Å². The van der Waals surface area contributed by atoms with Crippen LogP contribution in [0.1, 0.15) is 44.5 Å². The zero-order valence-electron chi connectivity index (χ0n) is 14.1. The third-order valence-corrected chi connectivity index (χ3v) is 3.40. The first-order valence-electron chi connectivity index (χ1n) is 7.81. The van der Waals surface area contributed by atoms with Gasteiger partial charge in [-0.05, 0) is 30.4 Å². The van der Waals surface area contributed by atoms with Crippen LogP contribution in [0.25, 0.3) is 0 Å². The summed E-state index contributed by atoms with van der Waals surface area (Å²) in [4.78, 5) is 39.6. The summed E-state index contributed by atoms with van der Waals surface area (Å²) >= 11 is 0. The van der Waals surface area contributed by atoms with E-state index < -0.39 is 12.1 Å². The lowest BCUT2D eigenvalue weighted by Gasteiger charge is -2.24. The second-order valence-corrected chi connectivity index (χ2v) is 6.31. The van der Waals surface area contributed by atoms with E-state index in [-0.39, 0.29) is 23.7 Å². The number of carbonyl (C=O) groups excluding carboxylic acids is 3. The molecule has 2 atom stereocenters. The number of amides is 2. The molecule has 6 heteroatoms. The molecule has 2 amide bonds. The van der Waals surface area contributed by atoms with Gasteiger partial charge in [0.2, 0.25) is 5.91 Å². The Balaban J connectivity index is 2.75. The summed E-state index contributed by atoms with van der Waals surface area (Å²) < 4.78 is 0. The number of aromatic nitrogens is 1. The molecular formula is C17H25N3O3. The lowest BCUT2D eigenvalue weighted by atomic mass is 10.0. The molecule has 1 heterocycles. The third kappa shape index (κ3) is 6.18. The van der Waals surface area contributed by atoms with Crippen LogP contribution in [-0.2, 0) is 9.59 Å². The molecule has 0 aliphatic carbocycles. The molecule has 0 saturated heterocycles. The van der Waals surface area contributed by atoms with Crippen molar-refractivity contribution in [1.82, 2.24) is 15.6 Å². The van der Waals surface area contributed by atoms with Crippen LogP contribution >= 0.6 is 0 Å². The molecule has 1 rings (SSSR count). The summed E-state index contributed by atoms with van der Waals surface area (Å²) in [6, 6.07) is 1.92. The number of pyridine rings is 1. The summed E-state index contributed by atoms with van der Waals surface area (Å²) in [5, 5.41) is 5.42. The van der Waals surface area contributed by atoms with E-state index in [4.69, 9.17) is 0 Å². The van der Waals surface area contributed by atoms with Crippen molar-refractivity contribution < 1.29 is 14.4 Å². The number of hydrogen-bond donors (Lipinski definition) is 2. The van der Waals surface area contributed by atoms with Crippen molar-refractivity contribution in [2.24, 2.45) is 11.8 Å². The van der Waals surface area contributed by atoms with Gasteiger partial charge >= 0.3 is 0 Å². The van der Waals surface area contributed by atoms with Gasteiger partial charge in [-0.2, -0.15) is 0 Å². The topological polar surface area (TPSA) is 88.2 Å². The maximum atomic E-state index is 12.4. The molecule has 0 aliphatic heterocycles. The van der Waals surface area contributed by atoms with Gasteiger partial charge in [0.1, 0.15) is 12.3 Å². The average Bonchev–Trinajstić information content (AvgIpc) is 2.51. The molecular weight excluding hydrogens is 294 g/mol. The van der Waals surface area contributed by atoms with Crippen LogP contribution in [0.4, 0.5) is 0 Å². The fourth-order valence-corrected chi connectivity index (χ4v) is 2.19. The Morgan fingerprint density at radius 3 is 2.22 bits per heavy atom. The molecule has 1 aromatic heterocycles. The van der Waals surface area contributed by atoms with E-state index in [0.717, 1.165) is 6.29 Å². The van der Waals surface area contributed by atoms with Crippen molar-refractivity contribution >= 4 is 18.1 Å². The minimum Gasteiger partial charge on any atom is -0.345 e. The highest BCUT2D eigenvalue weighted by atomic mass is 16.2. The molecule has 0 saturated carbocycles. The predicted molar refractivity (Wildman–Crippen MR) is 87.8 cm³/mol. The van der Waals surface area contributed by atoms with Gasteiger partial charge < -0.3 is 15.4 Å². The monoisotopic (exact) mass is 319 g/mol. The molecule has 0 aromatic carbocycles.